The van der Waals surface area contributed by atoms with Gasteiger partial charge in [-0.15, -0.1) is 0 Å². The topological polar surface area (TPSA) is 147 Å². The van der Waals surface area contributed by atoms with E-state index in [-0.39, 0.29) is 29.7 Å². The number of Topliss-reactive ketones (excluding diaryl/α,β-unsaturated/α-hetero) is 1. The van der Waals surface area contributed by atoms with Crippen molar-refractivity contribution in [1.82, 2.24) is 16.0 Å². The van der Waals surface area contributed by atoms with E-state index in [1.807, 2.05) is 0 Å². The highest BCUT2D eigenvalue weighted by molar-refractivity contribution is 6.37. The summed E-state index contributed by atoms with van der Waals surface area (Å²) in [7, 11) is 0. The number of nitrogens with two attached hydrogens (primary N) is 1. The van der Waals surface area contributed by atoms with Gasteiger partial charge >= 0.3 is 0 Å². The lowest BCUT2D eigenvalue weighted by Crippen LogP contribution is -2.53. The molecule has 2 aliphatic carbocycles. The van der Waals surface area contributed by atoms with E-state index < -0.39 is 47.7 Å². The van der Waals surface area contributed by atoms with E-state index in [2.05, 4.69) is 16.0 Å². The zero-order chi connectivity index (χ0) is 25.3. The van der Waals surface area contributed by atoms with Crippen LogP contribution in [-0.2, 0) is 24.0 Å². The summed E-state index contributed by atoms with van der Waals surface area (Å²) in [5.41, 5.74) is 5.09. The minimum Gasteiger partial charge on any atom is -0.363 e. The highest BCUT2D eigenvalue weighted by atomic mass is 35.5. The Morgan fingerprint density at radius 1 is 1.21 bits per heavy atom. The highest BCUT2D eigenvalue weighted by Crippen LogP contribution is 2.33. The van der Waals surface area contributed by atoms with Crippen molar-refractivity contribution in [3.8, 4) is 0 Å². The molecular weight excluding hydrogens is 467 g/mol. The summed E-state index contributed by atoms with van der Waals surface area (Å²) in [6.07, 6.45) is 7.35. The maximum absolute atomic E-state index is 14.0. The Morgan fingerprint density at radius 2 is 1.91 bits per heavy atom. The third kappa shape index (κ3) is 9.09. The van der Waals surface area contributed by atoms with Gasteiger partial charge in [0.05, 0.1) is 6.04 Å². The number of primary amides is 1. The Morgan fingerprint density at radius 3 is 2.50 bits per heavy atom. The minimum atomic E-state index is -1.38. The largest absolute Gasteiger partial charge is 0.363 e. The van der Waals surface area contributed by atoms with Gasteiger partial charge in [-0.3, -0.25) is 24.0 Å². The van der Waals surface area contributed by atoms with Gasteiger partial charge in [-0.1, -0.05) is 36.6 Å². The smallest absolute Gasteiger partial charge is 0.287 e. The first-order valence-corrected chi connectivity index (χ1v) is 11.6. The molecule has 0 bridgehead atoms. The normalized spacial score (nSPS) is 21.3. The van der Waals surface area contributed by atoms with Crippen LogP contribution < -0.4 is 21.7 Å². The number of carbonyl (C=O) groups excluding carboxylic acids is 5. The van der Waals surface area contributed by atoms with Crippen LogP contribution in [-0.4, -0.2) is 54.2 Å². The number of nitrogens with one attached hydrogen (secondary N) is 3. The Bertz CT molecular complexity index is 900. The van der Waals surface area contributed by atoms with Gasteiger partial charge in [0.15, 0.2) is 0 Å². The highest BCUT2D eigenvalue weighted by Gasteiger charge is 2.33. The molecule has 0 radical (unpaired) electrons. The lowest BCUT2D eigenvalue weighted by molar-refractivity contribution is -0.139. The molecule has 4 amide bonds. The molecule has 0 saturated heterocycles. The summed E-state index contributed by atoms with van der Waals surface area (Å²) >= 11 is 5.75. The van der Waals surface area contributed by atoms with E-state index in [1.165, 1.54) is 24.3 Å². The van der Waals surface area contributed by atoms with Gasteiger partial charge in [0.2, 0.25) is 23.5 Å². The molecule has 2 aliphatic rings. The molecule has 0 spiro atoms. The number of allylic oxidation sites excluding steroid dienone is 5. The maximum Gasteiger partial charge on any atom is 0.287 e. The lowest BCUT2D eigenvalue weighted by Gasteiger charge is -2.22. The Labute approximate surface area is 202 Å². The number of ketones is 1. The van der Waals surface area contributed by atoms with Crippen molar-refractivity contribution in [3.05, 3.63) is 35.4 Å². The summed E-state index contributed by atoms with van der Waals surface area (Å²) in [4.78, 5) is 60.7. The van der Waals surface area contributed by atoms with Crippen molar-refractivity contribution in [3.63, 3.8) is 0 Å². The van der Waals surface area contributed by atoms with Crippen molar-refractivity contribution in [2.24, 2.45) is 17.6 Å². The van der Waals surface area contributed by atoms with Gasteiger partial charge in [-0.05, 0) is 43.9 Å². The first-order chi connectivity index (χ1) is 16.1. The van der Waals surface area contributed by atoms with Crippen LogP contribution in [0.2, 0.25) is 0 Å². The molecule has 0 heterocycles. The molecule has 1 fully saturated rings. The Kier molecular flexibility index (Phi) is 10.4. The maximum atomic E-state index is 14.0. The fourth-order valence-corrected chi connectivity index (χ4v) is 3.60. The minimum absolute atomic E-state index is 0.0992. The van der Waals surface area contributed by atoms with Gasteiger partial charge in [-0.2, -0.15) is 0 Å². The average molecular weight is 497 g/mol. The number of alkyl halides is 1. The van der Waals surface area contributed by atoms with E-state index in [0.29, 0.717) is 13.0 Å². The number of hydrogen-bond acceptors (Lipinski definition) is 5. The molecule has 34 heavy (non-hydrogen) atoms. The van der Waals surface area contributed by atoms with Crippen LogP contribution in [0.5, 0.6) is 0 Å². The fraction of sp³-hybridized carbons (Fsp3) is 0.522. The number of amides is 4. The molecule has 0 aromatic heterocycles. The van der Waals surface area contributed by atoms with Crippen molar-refractivity contribution in [2.75, 3.05) is 6.54 Å². The number of hydrogen-bond donors (Lipinski definition) is 4. The van der Waals surface area contributed by atoms with E-state index >= 15 is 0 Å². The first-order valence-electron chi connectivity index (χ1n) is 11.2. The van der Waals surface area contributed by atoms with Gasteiger partial charge in [0, 0.05) is 23.9 Å². The van der Waals surface area contributed by atoms with Crippen molar-refractivity contribution in [2.45, 2.75) is 57.3 Å². The van der Waals surface area contributed by atoms with Gasteiger partial charge in [0.25, 0.3) is 5.91 Å². The number of carbonyl (C=O) groups is 5. The van der Waals surface area contributed by atoms with Gasteiger partial charge in [-0.25, -0.2) is 4.39 Å². The van der Waals surface area contributed by atoms with E-state index in [1.54, 1.807) is 6.92 Å². The molecule has 5 N–H and O–H groups in total. The summed E-state index contributed by atoms with van der Waals surface area (Å²) in [5.74, 6) is -4.31. The first kappa shape index (κ1) is 27.2. The molecule has 186 valence electrons. The second-order valence-corrected chi connectivity index (χ2v) is 8.75. The SMILES string of the molecule is CCNC(=O)CCC(NC(=O)[C@H](CC1CC1)NC(=O)/C=C/C1C=CC(Cl)=CC1F)C(=O)C(N)=O. The molecule has 9 nitrogen and oxygen atoms in total. The Balaban J connectivity index is 2.02. The number of rotatable bonds is 13. The molecular formula is C23H30ClFN4O5. The predicted molar refractivity (Wildman–Crippen MR) is 124 cm³/mol. The van der Waals surface area contributed by atoms with E-state index in [0.717, 1.165) is 18.9 Å². The monoisotopic (exact) mass is 496 g/mol. The average Bonchev–Trinajstić information content (AvgIpc) is 3.59. The molecule has 11 heteroatoms. The predicted octanol–water partition coefficient (Wildman–Crippen LogP) is 0.930. The van der Waals surface area contributed by atoms with Crippen LogP contribution in [0.25, 0.3) is 0 Å². The molecule has 4 atom stereocenters. The van der Waals surface area contributed by atoms with Crippen LogP contribution >= 0.6 is 11.6 Å². The summed E-state index contributed by atoms with van der Waals surface area (Å²) in [5, 5.41) is 7.87. The van der Waals surface area contributed by atoms with Gasteiger partial charge in [0.1, 0.15) is 12.2 Å². The lowest BCUT2D eigenvalue weighted by atomic mass is 9.98. The second-order valence-electron chi connectivity index (χ2n) is 8.31. The van der Waals surface area contributed by atoms with Crippen LogP contribution in [0.1, 0.15) is 39.0 Å². The third-order valence-corrected chi connectivity index (χ3v) is 5.69. The van der Waals surface area contributed by atoms with Crippen molar-refractivity contribution in [1.29, 1.82) is 0 Å². The summed E-state index contributed by atoms with van der Waals surface area (Å²) in [6.45, 7) is 2.13. The second kappa shape index (κ2) is 13.0. The standard InChI is InChI=1S/C23H30ClFN4O5/c1-2-27-19(30)10-8-17(21(32)22(26)33)29-23(34)18(11-13-3-4-13)28-20(31)9-6-14-5-7-15(24)12-16(14)25/h5-7,9,12-14,16-18H,2-4,8,10-11H2,1H3,(H2,26,33)(H,27,30)(H,28,31)(H,29,34)/b9-6+/t14?,16?,17?,18-/m0/s1. The third-order valence-electron chi connectivity index (χ3n) is 5.44. The van der Waals surface area contributed by atoms with Gasteiger partial charge < -0.3 is 21.7 Å². The number of halogens is 2. The molecule has 1 saturated carbocycles. The van der Waals surface area contributed by atoms with E-state index in [4.69, 9.17) is 17.3 Å². The quantitative estimate of drug-likeness (QED) is 0.221. The van der Waals surface area contributed by atoms with E-state index in [9.17, 15) is 28.4 Å². The van der Waals surface area contributed by atoms with Crippen LogP contribution in [0.15, 0.2) is 35.4 Å². The molecule has 3 unspecified atom stereocenters. The van der Waals surface area contributed by atoms with Crippen LogP contribution in [0.3, 0.4) is 0 Å². The molecule has 0 aliphatic heterocycles. The van der Waals surface area contributed by atoms with Crippen molar-refractivity contribution < 1.29 is 28.4 Å². The Hall–Kier alpha value is -3.01. The summed E-state index contributed by atoms with van der Waals surface area (Å²) in [6, 6.07) is -2.27. The summed E-state index contributed by atoms with van der Waals surface area (Å²) < 4.78 is 14.0. The van der Waals surface area contributed by atoms with Crippen LogP contribution in [0, 0.1) is 11.8 Å². The molecule has 2 rings (SSSR count). The van der Waals surface area contributed by atoms with Crippen molar-refractivity contribution >= 4 is 41.0 Å². The molecule has 0 aromatic rings. The zero-order valence-electron chi connectivity index (χ0n) is 18.9. The zero-order valence-corrected chi connectivity index (χ0v) is 19.6. The fourth-order valence-electron chi connectivity index (χ4n) is 3.41. The molecule has 0 aromatic carbocycles. The van der Waals surface area contributed by atoms with Crippen LogP contribution in [0.4, 0.5) is 4.39 Å².